The van der Waals surface area contributed by atoms with Gasteiger partial charge in [0.1, 0.15) is 36.8 Å². The summed E-state index contributed by atoms with van der Waals surface area (Å²) in [6, 6.07) is 3.71. The zero-order chi connectivity index (χ0) is 21.4. The Morgan fingerprint density at radius 1 is 1.00 bits per heavy atom. The Bertz CT molecular complexity index is 975. The molecule has 0 atom stereocenters. The summed E-state index contributed by atoms with van der Waals surface area (Å²) >= 11 is 0. The number of carbonyl (C=O) groups excluding carboxylic acids is 1. The van der Waals surface area contributed by atoms with Crippen molar-refractivity contribution in [2.24, 2.45) is 0 Å². The van der Waals surface area contributed by atoms with Gasteiger partial charge in [-0.1, -0.05) is 6.07 Å². The van der Waals surface area contributed by atoms with Crippen molar-refractivity contribution < 1.29 is 45.0 Å². The first kappa shape index (κ1) is 20.7. The lowest BCUT2D eigenvalue weighted by Gasteiger charge is -2.18. The standard InChI is InChI=1S/C19H11F7O3/c20-16-5-12(6-17-13(16)3-11(7-27)9-29-17)28-8-10-1-2-14(18(21,22)23)15(4-10)19(24,25)26/h1-7H,8-9H2. The summed E-state index contributed by atoms with van der Waals surface area (Å²) in [6.45, 7) is -0.623. The van der Waals surface area contributed by atoms with E-state index in [1.165, 1.54) is 12.1 Å². The van der Waals surface area contributed by atoms with E-state index in [2.05, 4.69) is 0 Å². The average molecular weight is 420 g/mol. The maximum atomic E-state index is 14.2. The first-order chi connectivity index (χ1) is 13.5. The van der Waals surface area contributed by atoms with E-state index < -0.39 is 35.9 Å². The second kappa shape index (κ2) is 7.41. The van der Waals surface area contributed by atoms with Gasteiger partial charge in [-0.05, 0) is 23.8 Å². The van der Waals surface area contributed by atoms with Crippen molar-refractivity contribution in [2.45, 2.75) is 19.0 Å². The molecule has 1 aliphatic rings. The molecule has 3 nitrogen and oxygen atoms in total. The van der Waals surface area contributed by atoms with E-state index in [0.717, 1.165) is 12.1 Å². The van der Waals surface area contributed by atoms with Crippen molar-refractivity contribution in [1.29, 1.82) is 0 Å². The van der Waals surface area contributed by atoms with Crippen molar-refractivity contribution in [3.63, 3.8) is 0 Å². The van der Waals surface area contributed by atoms with Crippen LogP contribution in [0, 0.1) is 5.82 Å². The number of hydrogen-bond donors (Lipinski definition) is 0. The smallest absolute Gasteiger partial charge is 0.417 e. The van der Waals surface area contributed by atoms with Crippen molar-refractivity contribution in [2.75, 3.05) is 6.61 Å². The highest BCUT2D eigenvalue weighted by atomic mass is 19.4. The molecule has 0 aliphatic carbocycles. The molecule has 0 unspecified atom stereocenters. The van der Waals surface area contributed by atoms with E-state index >= 15 is 0 Å². The minimum atomic E-state index is -5.21. The van der Waals surface area contributed by atoms with Crippen LogP contribution in [0.5, 0.6) is 11.5 Å². The van der Waals surface area contributed by atoms with Crippen LogP contribution < -0.4 is 9.47 Å². The van der Waals surface area contributed by atoms with Gasteiger partial charge in [0.2, 0.25) is 0 Å². The first-order valence-electron chi connectivity index (χ1n) is 8.01. The maximum absolute atomic E-state index is 14.2. The van der Waals surface area contributed by atoms with Gasteiger partial charge in [0.05, 0.1) is 16.7 Å². The molecule has 0 bridgehead atoms. The molecule has 0 N–H and O–H groups in total. The van der Waals surface area contributed by atoms with Crippen LogP contribution >= 0.6 is 0 Å². The summed E-state index contributed by atoms with van der Waals surface area (Å²) in [4.78, 5) is 10.7. The van der Waals surface area contributed by atoms with Gasteiger partial charge in [0.15, 0.2) is 0 Å². The molecule has 154 valence electrons. The fraction of sp³-hybridized carbons (Fsp3) is 0.211. The Labute approximate surface area is 159 Å². The zero-order valence-corrected chi connectivity index (χ0v) is 14.3. The van der Waals surface area contributed by atoms with E-state index in [-0.39, 0.29) is 34.8 Å². The van der Waals surface area contributed by atoms with Gasteiger partial charge in [0, 0.05) is 17.7 Å². The lowest BCUT2D eigenvalue weighted by Crippen LogP contribution is -2.17. The Kier molecular flexibility index (Phi) is 5.29. The van der Waals surface area contributed by atoms with Gasteiger partial charge in [-0.25, -0.2) is 4.39 Å². The first-order valence-corrected chi connectivity index (χ1v) is 8.01. The van der Waals surface area contributed by atoms with Crippen LogP contribution in [-0.4, -0.2) is 12.9 Å². The summed E-state index contributed by atoms with van der Waals surface area (Å²) in [7, 11) is 0. The Hall–Kier alpha value is -3.04. The minimum absolute atomic E-state index is 0.0135. The van der Waals surface area contributed by atoms with E-state index in [0.29, 0.717) is 18.4 Å². The van der Waals surface area contributed by atoms with Crippen molar-refractivity contribution >= 4 is 12.4 Å². The predicted octanol–water partition coefficient (Wildman–Crippen LogP) is 5.42. The zero-order valence-electron chi connectivity index (χ0n) is 14.3. The molecular formula is C19H11F7O3. The third kappa shape index (κ3) is 4.52. The maximum Gasteiger partial charge on any atom is 0.417 e. The molecular weight excluding hydrogens is 409 g/mol. The van der Waals surface area contributed by atoms with Crippen molar-refractivity contribution in [3.8, 4) is 11.5 Å². The number of rotatable bonds is 4. The summed E-state index contributed by atoms with van der Waals surface area (Å²) in [5, 5.41) is 0. The van der Waals surface area contributed by atoms with Crippen LogP contribution in [0.4, 0.5) is 30.7 Å². The average Bonchev–Trinajstić information content (AvgIpc) is 2.64. The number of carbonyl (C=O) groups is 1. The minimum Gasteiger partial charge on any atom is -0.489 e. The molecule has 0 saturated carbocycles. The number of halogens is 7. The normalized spacial score (nSPS) is 14.0. The highest BCUT2D eigenvalue weighted by Crippen LogP contribution is 2.41. The van der Waals surface area contributed by atoms with Gasteiger partial charge in [-0.2, -0.15) is 26.3 Å². The van der Waals surface area contributed by atoms with Crippen LogP contribution in [-0.2, 0) is 23.8 Å². The predicted molar refractivity (Wildman–Crippen MR) is 86.7 cm³/mol. The van der Waals surface area contributed by atoms with Crippen molar-refractivity contribution in [3.05, 3.63) is 64.0 Å². The van der Waals surface area contributed by atoms with Gasteiger partial charge < -0.3 is 9.47 Å². The number of fused-ring (bicyclic) bond motifs is 1. The molecule has 0 fully saturated rings. The number of aldehydes is 1. The lowest BCUT2D eigenvalue weighted by atomic mass is 10.0. The van der Waals surface area contributed by atoms with Gasteiger partial charge in [-0.15, -0.1) is 0 Å². The third-order valence-corrected chi connectivity index (χ3v) is 4.04. The summed E-state index contributed by atoms with van der Waals surface area (Å²) in [6.07, 6.45) is -8.58. The van der Waals surface area contributed by atoms with Crippen LogP contribution in [0.25, 0.3) is 6.08 Å². The van der Waals surface area contributed by atoms with Gasteiger partial charge in [0.25, 0.3) is 0 Å². The van der Waals surface area contributed by atoms with Gasteiger partial charge in [-0.3, -0.25) is 4.79 Å². The molecule has 0 saturated heterocycles. The highest BCUT2D eigenvalue weighted by molar-refractivity contribution is 5.84. The van der Waals surface area contributed by atoms with E-state index in [1.54, 1.807) is 0 Å². The lowest BCUT2D eigenvalue weighted by molar-refractivity contribution is -0.162. The molecule has 1 aliphatic heterocycles. The Morgan fingerprint density at radius 2 is 1.69 bits per heavy atom. The molecule has 0 spiro atoms. The fourth-order valence-electron chi connectivity index (χ4n) is 2.70. The van der Waals surface area contributed by atoms with Gasteiger partial charge >= 0.3 is 12.4 Å². The second-order valence-corrected chi connectivity index (χ2v) is 6.11. The monoisotopic (exact) mass is 420 g/mol. The molecule has 2 aromatic carbocycles. The van der Waals surface area contributed by atoms with Crippen LogP contribution in [0.1, 0.15) is 22.3 Å². The Morgan fingerprint density at radius 3 is 2.31 bits per heavy atom. The molecule has 0 radical (unpaired) electrons. The van der Waals surface area contributed by atoms with Crippen LogP contribution in [0.2, 0.25) is 0 Å². The van der Waals surface area contributed by atoms with Crippen LogP contribution in [0.15, 0.2) is 35.9 Å². The molecule has 2 aromatic rings. The highest BCUT2D eigenvalue weighted by Gasteiger charge is 2.43. The topological polar surface area (TPSA) is 35.5 Å². The summed E-state index contributed by atoms with van der Waals surface area (Å²) in [5.41, 5.74) is -3.60. The van der Waals surface area contributed by atoms with Crippen LogP contribution in [0.3, 0.4) is 0 Å². The summed E-state index contributed by atoms with van der Waals surface area (Å²) < 4.78 is 102. The number of benzene rings is 2. The molecule has 0 aromatic heterocycles. The SMILES string of the molecule is O=CC1=Cc2c(F)cc(OCc3ccc(C(F)(F)F)c(C(F)(F)F)c3)cc2OC1. The number of alkyl halides is 6. The molecule has 10 heteroatoms. The fourth-order valence-corrected chi connectivity index (χ4v) is 2.70. The Balaban J connectivity index is 1.85. The second-order valence-electron chi connectivity index (χ2n) is 6.11. The number of ether oxygens (including phenoxy) is 2. The molecule has 0 amide bonds. The summed E-state index contributed by atoms with van der Waals surface area (Å²) in [5.74, 6) is -0.827. The molecule has 1 heterocycles. The third-order valence-electron chi connectivity index (χ3n) is 4.04. The number of hydrogen-bond acceptors (Lipinski definition) is 3. The largest absolute Gasteiger partial charge is 0.489 e. The molecule has 3 rings (SSSR count). The molecule has 29 heavy (non-hydrogen) atoms. The van der Waals surface area contributed by atoms with E-state index in [4.69, 9.17) is 9.47 Å². The van der Waals surface area contributed by atoms with E-state index in [9.17, 15) is 35.5 Å². The quantitative estimate of drug-likeness (QED) is 0.490. The van der Waals surface area contributed by atoms with Crippen molar-refractivity contribution in [1.82, 2.24) is 0 Å². The van der Waals surface area contributed by atoms with E-state index in [1.807, 2.05) is 0 Å².